The van der Waals surface area contributed by atoms with Crippen LogP contribution in [0.3, 0.4) is 0 Å². The van der Waals surface area contributed by atoms with Gasteiger partial charge in [-0.1, -0.05) is 25.1 Å². The van der Waals surface area contributed by atoms with Crippen molar-refractivity contribution in [3.63, 3.8) is 0 Å². The smallest absolute Gasteiger partial charge is 0.338 e. The van der Waals surface area contributed by atoms with Gasteiger partial charge < -0.3 is 19.3 Å². The van der Waals surface area contributed by atoms with Crippen LogP contribution in [0.5, 0.6) is 0 Å². The monoisotopic (exact) mass is 350 g/mol. The minimum atomic E-state index is -1.08. The molecular weight excluding hydrogens is 324 g/mol. The van der Waals surface area contributed by atoms with Crippen LogP contribution < -0.4 is 0 Å². The SMILES string of the molecule is CC[C@@H]([C@H](C)OC(=O)c1ccccc1)[C@@H](OC1CCCCO1)C(=O)O. The Morgan fingerprint density at radius 3 is 2.56 bits per heavy atom. The van der Waals surface area contributed by atoms with E-state index in [9.17, 15) is 14.7 Å². The first-order valence-electron chi connectivity index (χ1n) is 8.78. The van der Waals surface area contributed by atoms with E-state index in [0.29, 0.717) is 25.0 Å². The number of hydrogen-bond acceptors (Lipinski definition) is 5. The van der Waals surface area contributed by atoms with E-state index >= 15 is 0 Å². The highest BCUT2D eigenvalue weighted by Gasteiger charge is 2.36. The lowest BCUT2D eigenvalue weighted by Gasteiger charge is -2.32. The van der Waals surface area contributed by atoms with Crippen LogP contribution in [-0.4, -0.2) is 42.1 Å². The fourth-order valence-electron chi connectivity index (χ4n) is 3.01. The van der Waals surface area contributed by atoms with Crippen LogP contribution in [0.4, 0.5) is 0 Å². The second-order valence-electron chi connectivity index (χ2n) is 6.24. The summed E-state index contributed by atoms with van der Waals surface area (Å²) >= 11 is 0. The lowest BCUT2D eigenvalue weighted by Crippen LogP contribution is -2.43. The summed E-state index contributed by atoms with van der Waals surface area (Å²) in [7, 11) is 0. The van der Waals surface area contributed by atoms with Crippen molar-refractivity contribution in [3.8, 4) is 0 Å². The van der Waals surface area contributed by atoms with E-state index < -0.39 is 36.4 Å². The number of ether oxygens (including phenoxy) is 3. The van der Waals surface area contributed by atoms with E-state index in [4.69, 9.17) is 14.2 Å². The average molecular weight is 350 g/mol. The van der Waals surface area contributed by atoms with Gasteiger partial charge in [0.25, 0.3) is 0 Å². The first-order chi connectivity index (χ1) is 12.0. The van der Waals surface area contributed by atoms with Crippen LogP contribution in [0.1, 0.15) is 49.9 Å². The van der Waals surface area contributed by atoms with Crippen molar-refractivity contribution in [2.75, 3.05) is 6.61 Å². The summed E-state index contributed by atoms with van der Waals surface area (Å²) in [6, 6.07) is 8.64. The van der Waals surface area contributed by atoms with Gasteiger partial charge in [0, 0.05) is 12.5 Å². The molecule has 0 aliphatic carbocycles. The van der Waals surface area contributed by atoms with Gasteiger partial charge in [-0.05, 0) is 44.7 Å². The number of hydrogen-bond donors (Lipinski definition) is 1. The third-order valence-corrected chi connectivity index (χ3v) is 4.45. The van der Waals surface area contributed by atoms with Crippen molar-refractivity contribution in [2.24, 2.45) is 5.92 Å². The van der Waals surface area contributed by atoms with Gasteiger partial charge >= 0.3 is 11.9 Å². The maximum absolute atomic E-state index is 12.2. The summed E-state index contributed by atoms with van der Waals surface area (Å²) in [5, 5.41) is 9.58. The molecule has 6 heteroatoms. The van der Waals surface area contributed by atoms with Crippen LogP contribution >= 0.6 is 0 Å². The molecule has 0 aromatic heterocycles. The Balaban J connectivity index is 2.02. The quantitative estimate of drug-likeness (QED) is 0.725. The van der Waals surface area contributed by atoms with E-state index in [1.54, 1.807) is 31.2 Å². The number of aliphatic carboxylic acids is 1. The van der Waals surface area contributed by atoms with Crippen molar-refractivity contribution < 1.29 is 28.9 Å². The Labute approximate surface area is 148 Å². The molecule has 0 bridgehead atoms. The summed E-state index contributed by atoms with van der Waals surface area (Å²) in [4.78, 5) is 23.9. The number of carboxylic acid groups (broad SMARTS) is 1. The number of carbonyl (C=O) groups is 2. The average Bonchev–Trinajstić information content (AvgIpc) is 2.63. The van der Waals surface area contributed by atoms with Crippen LogP contribution in [0.25, 0.3) is 0 Å². The van der Waals surface area contributed by atoms with Crippen molar-refractivity contribution in [3.05, 3.63) is 35.9 Å². The van der Waals surface area contributed by atoms with Crippen LogP contribution in [-0.2, 0) is 19.0 Å². The molecule has 1 aromatic rings. The molecule has 0 spiro atoms. The molecule has 4 atom stereocenters. The van der Waals surface area contributed by atoms with E-state index in [1.807, 2.05) is 13.0 Å². The molecule has 1 N–H and O–H groups in total. The third kappa shape index (κ3) is 5.54. The summed E-state index contributed by atoms with van der Waals surface area (Å²) in [5.41, 5.74) is 0.438. The Hall–Kier alpha value is -1.92. The number of rotatable bonds is 8. The second kappa shape index (κ2) is 9.53. The molecule has 0 radical (unpaired) electrons. The highest BCUT2D eigenvalue weighted by molar-refractivity contribution is 5.89. The van der Waals surface area contributed by atoms with E-state index in [-0.39, 0.29) is 0 Å². The largest absolute Gasteiger partial charge is 0.479 e. The van der Waals surface area contributed by atoms with Crippen LogP contribution in [0.15, 0.2) is 30.3 Å². The van der Waals surface area contributed by atoms with E-state index in [2.05, 4.69) is 0 Å². The van der Waals surface area contributed by atoms with Gasteiger partial charge in [-0.3, -0.25) is 0 Å². The molecule has 1 unspecified atom stereocenters. The summed E-state index contributed by atoms with van der Waals surface area (Å²) < 4.78 is 16.7. The molecule has 1 aliphatic heterocycles. The molecule has 138 valence electrons. The fourth-order valence-corrected chi connectivity index (χ4v) is 3.01. The van der Waals surface area contributed by atoms with Gasteiger partial charge in [-0.2, -0.15) is 0 Å². The van der Waals surface area contributed by atoms with Crippen molar-refractivity contribution in [2.45, 2.75) is 58.0 Å². The minimum Gasteiger partial charge on any atom is -0.479 e. The number of esters is 1. The maximum Gasteiger partial charge on any atom is 0.338 e. The summed E-state index contributed by atoms with van der Waals surface area (Å²) in [6.45, 7) is 4.14. The first-order valence-corrected chi connectivity index (χ1v) is 8.78. The fraction of sp³-hybridized carbons (Fsp3) is 0.579. The molecule has 0 saturated carbocycles. The number of carboxylic acids is 1. The molecule has 1 heterocycles. The molecule has 6 nitrogen and oxygen atoms in total. The minimum absolute atomic E-state index is 0.438. The van der Waals surface area contributed by atoms with Gasteiger partial charge in [0.05, 0.1) is 5.56 Å². The Bertz CT molecular complexity index is 552. The topological polar surface area (TPSA) is 82.1 Å². The first kappa shape index (κ1) is 19.4. The normalized spacial score (nSPS) is 21.1. The van der Waals surface area contributed by atoms with E-state index in [0.717, 1.165) is 12.8 Å². The van der Waals surface area contributed by atoms with Crippen molar-refractivity contribution in [1.82, 2.24) is 0 Å². The van der Waals surface area contributed by atoms with Gasteiger partial charge in [0.2, 0.25) is 0 Å². The zero-order valence-electron chi connectivity index (χ0n) is 14.7. The predicted molar refractivity (Wildman–Crippen MR) is 91.2 cm³/mol. The highest BCUT2D eigenvalue weighted by atomic mass is 16.7. The lowest BCUT2D eigenvalue weighted by molar-refractivity contribution is -0.214. The summed E-state index contributed by atoms with van der Waals surface area (Å²) in [6.07, 6.45) is 0.910. The van der Waals surface area contributed by atoms with Gasteiger partial charge in [-0.25, -0.2) is 9.59 Å². The molecule has 1 aromatic carbocycles. The third-order valence-electron chi connectivity index (χ3n) is 4.45. The predicted octanol–water partition coefficient (Wildman–Crippen LogP) is 3.25. The molecule has 2 rings (SSSR count). The van der Waals surface area contributed by atoms with Gasteiger partial charge in [0.1, 0.15) is 6.10 Å². The highest BCUT2D eigenvalue weighted by Crippen LogP contribution is 2.25. The van der Waals surface area contributed by atoms with Crippen molar-refractivity contribution >= 4 is 11.9 Å². The van der Waals surface area contributed by atoms with E-state index in [1.165, 1.54) is 0 Å². The molecule has 1 aliphatic rings. The molecular formula is C19H26O6. The van der Waals surface area contributed by atoms with Crippen molar-refractivity contribution in [1.29, 1.82) is 0 Å². The maximum atomic E-state index is 12.2. The Kier molecular flexibility index (Phi) is 7.40. The van der Waals surface area contributed by atoms with Crippen LogP contribution in [0, 0.1) is 5.92 Å². The Morgan fingerprint density at radius 2 is 2.00 bits per heavy atom. The summed E-state index contributed by atoms with van der Waals surface area (Å²) in [5.74, 6) is -2.00. The number of carbonyl (C=O) groups excluding carboxylic acids is 1. The molecule has 25 heavy (non-hydrogen) atoms. The zero-order chi connectivity index (χ0) is 18.2. The Morgan fingerprint density at radius 1 is 1.28 bits per heavy atom. The number of benzene rings is 1. The lowest BCUT2D eigenvalue weighted by atomic mass is 9.93. The van der Waals surface area contributed by atoms with Gasteiger partial charge in [-0.15, -0.1) is 0 Å². The second-order valence-corrected chi connectivity index (χ2v) is 6.24. The standard InChI is InChI=1S/C19H26O6/c1-3-15(13(2)24-19(22)14-9-5-4-6-10-14)17(18(20)21)25-16-11-7-8-12-23-16/h4-6,9-10,13,15-17H,3,7-8,11-12H2,1-2H3,(H,20,21)/t13-,15-,16?,17+/m0/s1. The van der Waals surface area contributed by atoms with Gasteiger partial charge in [0.15, 0.2) is 12.4 Å². The molecule has 1 saturated heterocycles. The zero-order valence-corrected chi connectivity index (χ0v) is 14.7. The van der Waals surface area contributed by atoms with Crippen LogP contribution in [0.2, 0.25) is 0 Å². The molecule has 1 fully saturated rings. The molecule has 0 amide bonds.